The van der Waals surface area contributed by atoms with Crippen molar-refractivity contribution in [3.63, 3.8) is 0 Å². The summed E-state index contributed by atoms with van der Waals surface area (Å²) in [5, 5.41) is 2.90. The van der Waals surface area contributed by atoms with Crippen molar-refractivity contribution in [3.05, 3.63) is 64.7 Å². The molecule has 31 heavy (non-hydrogen) atoms. The van der Waals surface area contributed by atoms with Crippen molar-refractivity contribution in [3.8, 4) is 0 Å². The topological polar surface area (TPSA) is 92.8 Å². The highest BCUT2D eigenvalue weighted by molar-refractivity contribution is 7.89. The number of halogens is 1. The van der Waals surface area contributed by atoms with E-state index in [9.17, 15) is 18.0 Å². The molecular weight excluding hydrogens is 440 g/mol. The van der Waals surface area contributed by atoms with Gasteiger partial charge in [-0.3, -0.25) is 4.79 Å². The first-order valence-corrected chi connectivity index (χ1v) is 12.0. The summed E-state index contributed by atoms with van der Waals surface area (Å²) >= 11 is 6.19. The molecule has 1 aliphatic heterocycles. The SMILES string of the molecule is O=C(OC(C(=O)NC1CC1)c1ccccc1)c1cc(S(=O)(=O)N2CCCC2)ccc1Cl. The summed E-state index contributed by atoms with van der Waals surface area (Å²) in [6.07, 6.45) is 2.23. The molecule has 2 aliphatic rings. The van der Waals surface area contributed by atoms with E-state index in [-0.39, 0.29) is 21.5 Å². The summed E-state index contributed by atoms with van der Waals surface area (Å²) < 4.78 is 32.7. The molecule has 1 unspecified atom stereocenters. The largest absolute Gasteiger partial charge is 0.444 e. The minimum absolute atomic E-state index is 0.0237. The van der Waals surface area contributed by atoms with Crippen molar-refractivity contribution in [2.75, 3.05) is 13.1 Å². The van der Waals surface area contributed by atoms with Crippen LogP contribution in [0.15, 0.2) is 53.4 Å². The fraction of sp³-hybridized carbons (Fsp3) is 0.364. The van der Waals surface area contributed by atoms with Gasteiger partial charge in [0.1, 0.15) is 0 Å². The van der Waals surface area contributed by atoms with Gasteiger partial charge >= 0.3 is 5.97 Å². The van der Waals surface area contributed by atoms with Crippen molar-refractivity contribution in [2.24, 2.45) is 0 Å². The molecule has 2 aromatic rings. The molecule has 2 aromatic carbocycles. The van der Waals surface area contributed by atoms with Gasteiger partial charge in [-0.2, -0.15) is 4.31 Å². The molecule has 7 nitrogen and oxygen atoms in total. The molecule has 1 heterocycles. The van der Waals surface area contributed by atoms with E-state index in [2.05, 4.69) is 5.32 Å². The van der Waals surface area contributed by atoms with E-state index in [0.717, 1.165) is 25.7 Å². The van der Waals surface area contributed by atoms with Crippen molar-refractivity contribution in [1.29, 1.82) is 0 Å². The van der Waals surface area contributed by atoms with E-state index in [0.29, 0.717) is 18.7 Å². The molecule has 9 heteroatoms. The Morgan fingerprint density at radius 2 is 1.74 bits per heavy atom. The number of benzene rings is 2. The molecular formula is C22H23ClN2O5S. The standard InChI is InChI=1S/C22H23ClN2O5S/c23-19-11-10-17(31(28,29)25-12-4-5-13-25)14-18(19)22(27)30-20(15-6-2-1-3-7-15)21(26)24-16-8-9-16/h1-3,6-7,10-11,14,16,20H,4-5,8-9,12-13H2,(H,24,26). The van der Waals surface area contributed by atoms with Gasteiger partial charge in [-0.15, -0.1) is 0 Å². The number of nitrogens with zero attached hydrogens (tertiary/aromatic N) is 1. The van der Waals surface area contributed by atoms with Crippen LogP contribution in [0.4, 0.5) is 0 Å². The van der Waals surface area contributed by atoms with Crippen LogP contribution in [0.3, 0.4) is 0 Å². The minimum Gasteiger partial charge on any atom is -0.444 e. The number of carbonyl (C=O) groups is 2. The van der Waals surface area contributed by atoms with Crippen molar-refractivity contribution >= 4 is 33.5 Å². The van der Waals surface area contributed by atoms with Gasteiger partial charge in [0.05, 0.1) is 15.5 Å². The third-order valence-electron chi connectivity index (χ3n) is 5.35. The molecule has 0 radical (unpaired) electrons. The van der Waals surface area contributed by atoms with Crippen LogP contribution >= 0.6 is 11.6 Å². The average molecular weight is 463 g/mol. The predicted molar refractivity (Wildman–Crippen MR) is 115 cm³/mol. The number of ether oxygens (including phenoxy) is 1. The zero-order valence-electron chi connectivity index (χ0n) is 16.8. The lowest BCUT2D eigenvalue weighted by molar-refractivity contribution is -0.130. The maximum absolute atomic E-state index is 13.0. The molecule has 4 rings (SSSR count). The monoisotopic (exact) mass is 462 g/mol. The summed E-state index contributed by atoms with van der Waals surface area (Å²) in [6.45, 7) is 0.893. The second kappa shape index (κ2) is 8.98. The molecule has 0 spiro atoms. The van der Waals surface area contributed by atoms with E-state index >= 15 is 0 Å². The Bertz CT molecular complexity index is 1080. The highest BCUT2D eigenvalue weighted by atomic mass is 35.5. The van der Waals surface area contributed by atoms with Gasteiger partial charge < -0.3 is 10.1 Å². The Hall–Kier alpha value is -2.42. The molecule has 164 valence electrons. The van der Waals surface area contributed by atoms with Crippen LogP contribution in [0, 0.1) is 0 Å². The van der Waals surface area contributed by atoms with Crippen LogP contribution in [0.25, 0.3) is 0 Å². The summed E-state index contributed by atoms with van der Waals surface area (Å²) in [7, 11) is -3.73. The predicted octanol–water partition coefficient (Wildman–Crippen LogP) is 3.30. The summed E-state index contributed by atoms with van der Waals surface area (Å²) in [5.41, 5.74) is 0.424. The normalized spacial score (nSPS) is 17.8. The lowest BCUT2D eigenvalue weighted by Crippen LogP contribution is -2.33. The van der Waals surface area contributed by atoms with Gasteiger partial charge in [0.15, 0.2) is 0 Å². The maximum atomic E-state index is 13.0. The van der Waals surface area contributed by atoms with Gasteiger partial charge in [0, 0.05) is 24.7 Å². The highest BCUT2D eigenvalue weighted by Gasteiger charge is 2.32. The number of hydrogen-bond donors (Lipinski definition) is 1. The van der Waals surface area contributed by atoms with Gasteiger partial charge in [-0.1, -0.05) is 41.9 Å². The van der Waals surface area contributed by atoms with Gasteiger partial charge in [-0.05, 0) is 43.9 Å². The van der Waals surface area contributed by atoms with Gasteiger partial charge in [-0.25, -0.2) is 13.2 Å². The summed E-state index contributed by atoms with van der Waals surface area (Å²) in [5.74, 6) is -1.28. The number of sulfonamides is 1. The lowest BCUT2D eigenvalue weighted by atomic mass is 10.1. The zero-order chi connectivity index (χ0) is 22.0. The van der Waals surface area contributed by atoms with Crippen molar-refractivity contribution < 1.29 is 22.7 Å². The lowest BCUT2D eigenvalue weighted by Gasteiger charge is -2.19. The average Bonchev–Trinajstić information content (AvgIpc) is 3.39. The number of rotatable bonds is 7. The van der Waals surface area contributed by atoms with Crippen LogP contribution in [0.5, 0.6) is 0 Å². The first kappa shape index (κ1) is 21.8. The Labute approximate surface area is 186 Å². The molecule has 0 aromatic heterocycles. The van der Waals surface area contributed by atoms with Crippen LogP contribution < -0.4 is 5.32 Å². The van der Waals surface area contributed by atoms with Crippen LogP contribution in [-0.4, -0.2) is 43.7 Å². The smallest absolute Gasteiger partial charge is 0.340 e. The number of nitrogens with one attached hydrogen (secondary N) is 1. The van der Waals surface area contributed by atoms with Crippen LogP contribution in [0.2, 0.25) is 5.02 Å². The molecule has 1 aliphatic carbocycles. The Morgan fingerprint density at radius 1 is 1.06 bits per heavy atom. The molecule has 1 amide bonds. The van der Waals surface area contributed by atoms with E-state index in [1.165, 1.54) is 22.5 Å². The molecule has 2 fully saturated rings. The van der Waals surface area contributed by atoms with Crippen LogP contribution in [-0.2, 0) is 19.6 Å². The first-order chi connectivity index (χ1) is 14.9. The maximum Gasteiger partial charge on any atom is 0.340 e. The molecule has 1 N–H and O–H groups in total. The van der Waals surface area contributed by atoms with Crippen molar-refractivity contribution in [1.82, 2.24) is 9.62 Å². The first-order valence-electron chi connectivity index (χ1n) is 10.2. The molecule has 1 saturated heterocycles. The quantitative estimate of drug-likeness (QED) is 0.637. The molecule has 1 atom stereocenters. The third-order valence-corrected chi connectivity index (χ3v) is 7.57. The summed E-state index contributed by atoms with van der Waals surface area (Å²) in [6, 6.07) is 12.7. The summed E-state index contributed by atoms with van der Waals surface area (Å²) in [4.78, 5) is 25.7. The number of hydrogen-bond acceptors (Lipinski definition) is 5. The fourth-order valence-corrected chi connectivity index (χ4v) is 5.21. The second-order valence-electron chi connectivity index (χ2n) is 7.73. The van der Waals surface area contributed by atoms with E-state index in [1.54, 1.807) is 30.3 Å². The minimum atomic E-state index is -3.73. The number of amides is 1. The van der Waals surface area contributed by atoms with Gasteiger partial charge in [0.2, 0.25) is 16.1 Å². The Kier molecular flexibility index (Phi) is 6.31. The van der Waals surface area contributed by atoms with E-state index in [1.807, 2.05) is 0 Å². The highest BCUT2D eigenvalue weighted by Crippen LogP contribution is 2.28. The van der Waals surface area contributed by atoms with Gasteiger partial charge in [0.25, 0.3) is 5.91 Å². The van der Waals surface area contributed by atoms with E-state index in [4.69, 9.17) is 16.3 Å². The number of carbonyl (C=O) groups excluding carboxylic acids is 2. The third kappa shape index (κ3) is 4.92. The fourth-order valence-electron chi connectivity index (χ4n) is 3.47. The second-order valence-corrected chi connectivity index (χ2v) is 10.1. The number of esters is 1. The Morgan fingerprint density at radius 3 is 2.39 bits per heavy atom. The zero-order valence-corrected chi connectivity index (χ0v) is 18.4. The molecule has 0 bridgehead atoms. The van der Waals surface area contributed by atoms with E-state index < -0.39 is 28.0 Å². The Balaban J connectivity index is 1.60. The van der Waals surface area contributed by atoms with Crippen molar-refractivity contribution in [2.45, 2.75) is 42.7 Å². The molecule has 1 saturated carbocycles. The van der Waals surface area contributed by atoms with Crippen LogP contribution in [0.1, 0.15) is 47.7 Å².